The fourth-order valence-electron chi connectivity index (χ4n) is 3.03. The Balaban J connectivity index is 1.68. The SMILES string of the molecule is CCOc1ccc(CN(C)C(=O)Cn2c(C)cc3ccccc32)cc1. The average molecular weight is 336 g/mol. The summed E-state index contributed by atoms with van der Waals surface area (Å²) in [5.41, 5.74) is 3.29. The van der Waals surface area contributed by atoms with Gasteiger partial charge in [0.25, 0.3) is 0 Å². The standard InChI is InChI=1S/C21H24N2O2/c1-4-25-19-11-9-17(10-12-19)14-22(3)21(24)15-23-16(2)13-18-7-5-6-8-20(18)23/h5-13H,4,14-15H2,1-3H3. The first-order valence-corrected chi connectivity index (χ1v) is 8.59. The van der Waals surface area contributed by atoms with Gasteiger partial charge >= 0.3 is 0 Å². The molecule has 25 heavy (non-hydrogen) atoms. The number of fused-ring (bicyclic) bond motifs is 1. The minimum absolute atomic E-state index is 0.0957. The van der Waals surface area contributed by atoms with Gasteiger partial charge in [0.2, 0.25) is 5.91 Å². The first-order chi connectivity index (χ1) is 12.1. The first kappa shape index (κ1) is 17.1. The monoisotopic (exact) mass is 336 g/mol. The summed E-state index contributed by atoms with van der Waals surface area (Å²) < 4.78 is 7.53. The molecular weight excluding hydrogens is 312 g/mol. The summed E-state index contributed by atoms with van der Waals surface area (Å²) in [6, 6.07) is 18.2. The lowest BCUT2D eigenvalue weighted by atomic mass is 10.2. The molecule has 0 radical (unpaired) electrons. The highest BCUT2D eigenvalue weighted by atomic mass is 16.5. The molecule has 0 unspecified atom stereocenters. The third-order valence-corrected chi connectivity index (χ3v) is 4.39. The molecule has 0 bridgehead atoms. The fourth-order valence-corrected chi connectivity index (χ4v) is 3.03. The lowest BCUT2D eigenvalue weighted by molar-refractivity contribution is -0.131. The van der Waals surface area contributed by atoms with Crippen molar-refractivity contribution in [2.24, 2.45) is 0 Å². The predicted octanol–water partition coefficient (Wildman–Crippen LogP) is 4.01. The Morgan fingerprint density at radius 3 is 2.56 bits per heavy atom. The number of likely N-dealkylation sites (N-methyl/N-ethyl adjacent to an activating group) is 1. The second kappa shape index (κ2) is 7.43. The van der Waals surface area contributed by atoms with E-state index in [1.807, 2.05) is 57.3 Å². The summed E-state index contributed by atoms with van der Waals surface area (Å²) in [6.07, 6.45) is 0. The Labute approximate surface area is 148 Å². The Kier molecular flexibility index (Phi) is 5.08. The molecule has 3 aromatic rings. The lowest BCUT2D eigenvalue weighted by Gasteiger charge is -2.19. The van der Waals surface area contributed by atoms with Gasteiger partial charge in [-0.25, -0.2) is 0 Å². The number of hydrogen-bond donors (Lipinski definition) is 0. The lowest BCUT2D eigenvalue weighted by Crippen LogP contribution is -2.30. The van der Waals surface area contributed by atoms with Gasteiger partial charge in [-0.15, -0.1) is 0 Å². The van der Waals surface area contributed by atoms with E-state index in [1.54, 1.807) is 4.90 Å². The van der Waals surface area contributed by atoms with Crippen molar-refractivity contribution >= 4 is 16.8 Å². The van der Waals surface area contributed by atoms with E-state index in [4.69, 9.17) is 4.74 Å². The van der Waals surface area contributed by atoms with Crippen molar-refractivity contribution in [2.75, 3.05) is 13.7 Å². The van der Waals surface area contributed by atoms with Crippen molar-refractivity contribution in [3.8, 4) is 5.75 Å². The molecule has 0 aliphatic heterocycles. The molecule has 0 saturated heterocycles. The Bertz CT molecular complexity index is 865. The van der Waals surface area contributed by atoms with E-state index in [-0.39, 0.29) is 5.91 Å². The van der Waals surface area contributed by atoms with Crippen molar-refractivity contribution in [1.29, 1.82) is 0 Å². The second-order valence-electron chi connectivity index (χ2n) is 6.26. The molecule has 0 fully saturated rings. The van der Waals surface area contributed by atoms with Gasteiger partial charge in [0.15, 0.2) is 0 Å². The molecular formula is C21H24N2O2. The van der Waals surface area contributed by atoms with E-state index >= 15 is 0 Å². The van der Waals surface area contributed by atoms with Gasteiger partial charge in [0, 0.05) is 24.8 Å². The highest BCUT2D eigenvalue weighted by molar-refractivity contribution is 5.84. The maximum Gasteiger partial charge on any atom is 0.242 e. The highest BCUT2D eigenvalue weighted by Crippen LogP contribution is 2.19. The molecule has 0 aliphatic carbocycles. The first-order valence-electron chi connectivity index (χ1n) is 8.59. The van der Waals surface area contributed by atoms with Crippen molar-refractivity contribution in [1.82, 2.24) is 9.47 Å². The molecule has 0 N–H and O–H groups in total. The summed E-state index contributed by atoms with van der Waals surface area (Å²) in [5, 5.41) is 1.17. The minimum atomic E-state index is 0.0957. The third-order valence-electron chi connectivity index (χ3n) is 4.39. The molecule has 4 heteroatoms. The number of amides is 1. The molecule has 1 heterocycles. The smallest absolute Gasteiger partial charge is 0.242 e. The van der Waals surface area contributed by atoms with E-state index in [0.29, 0.717) is 19.7 Å². The number of para-hydroxylation sites is 1. The van der Waals surface area contributed by atoms with Gasteiger partial charge in [-0.1, -0.05) is 30.3 Å². The zero-order chi connectivity index (χ0) is 17.8. The number of nitrogens with zero attached hydrogens (tertiary/aromatic N) is 2. The van der Waals surface area contributed by atoms with Crippen LogP contribution in [-0.4, -0.2) is 29.0 Å². The fraction of sp³-hybridized carbons (Fsp3) is 0.286. The molecule has 0 atom stereocenters. The normalized spacial score (nSPS) is 10.8. The Morgan fingerprint density at radius 2 is 1.84 bits per heavy atom. The number of aromatic nitrogens is 1. The Morgan fingerprint density at radius 1 is 1.12 bits per heavy atom. The van der Waals surface area contributed by atoms with E-state index in [1.165, 1.54) is 5.39 Å². The summed E-state index contributed by atoms with van der Waals surface area (Å²) in [7, 11) is 1.85. The van der Waals surface area contributed by atoms with Gasteiger partial charge in [0.05, 0.1) is 6.61 Å². The van der Waals surface area contributed by atoms with Gasteiger partial charge in [-0.05, 0) is 49.1 Å². The molecule has 0 spiro atoms. The quantitative estimate of drug-likeness (QED) is 0.682. The van der Waals surface area contributed by atoms with Crippen LogP contribution >= 0.6 is 0 Å². The number of benzene rings is 2. The molecule has 130 valence electrons. The summed E-state index contributed by atoms with van der Waals surface area (Å²) in [4.78, 5) is 14.4. The van der Waals surface area contributed by atoms with Gasteiger partial charge in [-0.2, -0.15) is 0 Å². The topological polar surface area (TPSA) is 34.5 Å². The van der Waals surface area contributed by atoms with Crippen molar-refractivity contribution in [3.63, 3.8) is 0 Å². The average Bonchev–Trinajstić information content (AvgIpc) is 2.92. The van der Waals surface area contributed by atoms with Crippen LogP contribution in [0.5, 0.6) is 5.75 Å². The van der Waals surface area contributed by atoms with Crippen LogP contribution in [0.3, 0.4) is 0 Å². The summed E-state index contributed by atoms with van der Waals surface area (Å²) >= 11 is 0. The number of carbonyl (C=O) groups excluding carboxylic acids is 1. The van der Waals surface area contributed by atoms with Crippen LogP contribution in [0.2, 0.25) is 0 Å². The molecule has 2 aromatic carbocycles. The van der Waals surface area contributed by atoms with Crippen LogP contribution in [0.1, 0.15) is 18.2 Å². The summed E-state index contributed by atoms with van der Waals surface area (Å²) in [6.45, 7) is 5.60. The zero-order valence-corrected chi connectivity index (χ0v) is 15.0. The third kappa shape index (κ3) is 3.85. The molecule has 0 aliphatic rings. The van der Waals surface area contributed by atoms with Crippen LogP contribution in [0.4, 0.5) is 0 Å². The maximum atomic E-state index is 12.7. The van der Waals surface area contributed by atoms with Gasteiger partial charge in [0.1, 0.15) is 12.3 Å². The molecule has 1 aromatic heterocycles. The van der Waals surface area contributed by atoms with Crippen LogP contribution in [-0.2, 0) is 17.9 Å². The van der Waals surface area contributed by atoms with E-state index < -0.39 is 0 Å². The molecule has 1 amide bonds. The van der Waals surface area contributed by atoms with E-state index in [9.17, 15) is 4.79 Å². The second-order valence-corrected chi connectivity index (χ2v) is 6.26. The van der Waals surface area contributed by atoms with Crippen molar-refractivity contribution in [2.45, 2.75) is 26.9 Å². The molecule has 4 nitrogen and oxygen atoms in total. The van der Waals surface area contributed by atoms with Crippen molar-refractivity contribution < 1.29 is 9.53 Å². The van der Waals surface area contributed by atoms with Gasteiger partial charge < -0.3 is 14.2 Å². The van der Waals surface area contributed by atoms with E-state index in [2.05, 4.69) is 22.8 Å². The molecule has 3 rings (SSSR count). The number of rotatable bonds is 6. The van der Waals surface area contributed by atoms with Crippen LogP contribution < -0.4 is 4.74 Å². The maximum absolute atomic E-state index is 12.7. The zero-order valence-electron chi connectivity index (χ0n) is 15.0. The van der Waals surface area contributed by atoms with Crippen LogP contribution in [0.15, 0.2) is 54.6 Å². The number of ether oxygens (including phenoxy) is 1. The molecule has 0 saturated carbocycles. The number of carbonyl (C=O) groups is 1. The van der Waals surface area contributed by atoms with E-state index in [0.717, 1.165) is 22.5 Å². The largest absolute Gasteiger partial charge is 0.494 e. The predicted molar refractivity (Wildman–Crippen MR) is 101 cm³/mol. The highest BCUT2D eigenvalue weighted by Gasteiger charge is 2.13. The summed E-state index contributed by atoms with van der Waals surface area (Å²) in [5.74, 6) is 0.952. The minimum Gasteiger partial charge on any atom is -0.494 e. The van der Waals surface area contributed by atoms with Gasteiger partial charge in [-0.3, -0.25) is 4.79 Å². The van der Waals surface area contributed by atoms with Crippen LogP contribution in [0.25, 0.3) is 10.9 Å². The Hall–Kier alpha value is -2.75. The number of hydrogen-bond acceptors (Lipinski definition) is 2. The van der Waals surface area contributed by atoms with Crippen molar-refractivity contribution in [3.05, 3.63) is 65.9 Å². The van der Waals surface area contributed by atoms with Crippen LogP contribution in [0, 0.1) is 6.92 Å². The number of aryl methyl sites for hydroxylation is 1.